The molecule has 0 atom stereocenters. The van der Waals surface area contributed by atoms with Crippen molar-refractivity contribution in [1.29, 1.82) is 0 Å². The Morgan fingerprint density at radius 3 is 2.83 bits per heavy atom. The van der Waals surface area contributed by atoms with E-state index < -0.39 is 0 Å². The lowest BCUT2D eigenvalue weighted by Crippen LogP contribution is -2.51. The smallest absolute Gasteiger partial charge is 0.173 e. The zero-order chi connectivity index (χ0) is 16.8. The highest BCUT2D eigenvalue weighted by Gasteiger charge is 2.18. The number of allylic oxidation sites excluding steroid dienone is 1. The van der Waals surface area contributed by atoms with Gasteiger partial charge in [-0.25, -0.2) is 4.39 Å². The number of anilines is 1. The second-order valence-corrected chi connectivity index (χ2v) is 6.60. The molecule has 1 aromatic carbocycles. The zero-order valence-corrected chi connectivity index (χ0v) is 14.7. The fourth-order valence-electron chi connectivity index (χ4n) is 3.24. The zero-order valence-electron chi connectivity index (χ0n) is 13.9. The molecule has 1 aromatic rings. The van der Waals surface area contributed by atoms with Crippen LogP contribution in [-0.2, 0) is 0 Å². The maximum absolute atomic E-state index is 12.4. The SMILES string of the molecule is FCCN1CCN(C(=S)N/C=C2/CCCNc3ccccc32)CC1. The van der Waals surface area contributed by atoms with E-state index in [1.165, 1.54) is 16.8 Å². The number of thiocarbonyl (C=S) groups is 1. The van der Waals surface area contributed by atoms with Crippen LogP contribution in [0.25, 0.3) is 5.57 Å². The summed E-state index contributed by atoms with van der Waals surface area (Å²) in [5.41, 5.74) is 3.72. The highest BCUT2D eigenvalue weighted by molar-refractivity contribution is 7.80. The number of hydrogen-bond donors (Lipinski definition) is 2. The van der Waals surface area contributed by atoms with Crippen LogP contribution in [-0.4, -0.2) is 60.9 Å². The fourth-order valence-corrected chi connectivity index (χ4v) is 3.48. The molecule has 0 radical (unpaired) electrons. The third kappa shape index (κ3) is 4.24. The average molecular weight is 348 g/mol. The molecule has 0 amide bonds. The molecular formula is C18H25FN4S. The number of nitrogens with zero attached hydrogens (tertiary/aromatic N) is 2. The summed E-state index contributed by atoms with van der Waals surface area (Å²) >= 11 is 5.54. The number of alkyl halides is 1. The van der Waals surface area contributed by atoms with E-state index in [-0.39, 0.29) is 6.67 Å². The molecule has 1 fully saturated rings. The maximum Gasteiger partial charge on any atom is 0.173 e. The van der Waals surface area contributed by atoms with Crippen molar-refractivity contribution in [3.63, 3.8) is 0 Å². The summed E-state index contributed by atoms with van der Waals surface area (Å²) in [6.07, 6.45) is 4.20. The number of rotatable bonds is 3. The van der Waals surface area contributed by atoms with E-state index in [2.05, 4.69) is 50.9 Å². The standard InChI is InChI=1S/C18H25FN4S/c19-7-9-22-10-12-23(13-11-22)18(24)21-14-15-4-3-8-20-17-6-2-1-5-16(15)17/h1-2,5-6,14,20H,3-4,7-13H2,(H,21,24)/b15-14-. The maximum atomic E-state index is 12.4. The van der Waals surface area contributed by atoms with E-state index in [4.69, 9.17) is 12.2 Å². The quantitative estimate of drug-likeness (QED) is 0.820. The van der Waals surface area contributed by atoms with Crippen molar-refractivity contribution in [3.8, 4) is 0 Å². The summed E-state index contributed by atoms with van der Waals surface area (Å²) < 4.78 is 12.4. The topological polar surface area (TPSA) is 30.5 Å². The lowest BCUT2D eigenvalue weighted by Gasteiger charge is -2.35. The summed E-state index contributed by atoms with van der Waals surface area (Å²) in [4.78, 5) is 4.31. The second-order valence-electron chi connectivity index (χ2n) is 6.21. The lowest BCUT2D eigenvalue weighted by molar-refractivity contribution is 0.171. The van der Waals surface area contributed by atoms with Crippen LogP contribution in [0.15, 0.2) is 30.5 Å². The number of hydrogen-bond acceptors (Lipinski definition) is 3. The molecule has 2 heterocycles. The minimum absolute atomic E-state index is 0.276. The van der Waals surface area contributed by atoms with E-state index >= 15 is 0 Å². The van der Waals surface area contributed by atoms with Gasteiger partial charge in [0.25, 0.3) is 0 Å². The molecule has 2 aliphatic rings. The van der Waals surface area contributed by atoms with Crippen molar-refractivity contribution in [2.45, 2.75) is 12.8 Å². The number of benzene rings is 1. The number of nitrogens with one attached hydrogen (secondary N) is 2. The first kappa shape index (κ1) is 17.2. The predicted molar refractivity (Wildman–Crippen MR) is 102 cm³/mol. The van der Waals surface area contributed by atoms with E-state index in [1.807, 2.05) is 0 Å². The Hall–Kier alpha value is -1.66. The molecule has 0 bridgehead atoms. The molecular weight excluding hydrogens is 323 g/mol. The summed E-state index contributed by atoms with van der Waals surface area (Å²) in [5.74, 6) is 0. The van der Waals surface area contributed by atoms with Crippen molar-refractivity contribution >= 4 is 28.6 Å². The van der Waals surface area contributed by atoms with Gasteiger partial charge in [0.05, 0.1) is 0 Å². The van der Waals surface area contributed by atoms with Crippen LogP contribution in [0.3, 0.4) is 0 Å². The van der Waals surface area contributed by atoms with Crippen LogP contribution in [0.2, 0.25) is 0 Å². The summed E-state index contributed by atoms with van der Waals surface area (Å²) in [6, 6.07) is 8.41. The number of para-hydroxylation sites is 1. The number of fused-ring (bicyclic) bond motifs is 1. The first-order chi connectivity index (χ1) is 11.8. The van der Waals surface area contributed by atoms with Gasteiger partial charge in [-0.15, -0.1) is 0 Å². The number of piperazine rings is 1. The van der Waals surface area contributed by atoms with Gasteiger partial charge in [-0.05, 0) is 36.7 Å². The molecule has 130 valence electrons. The predicted octanol–water partition coefficient (Wildman–Crippen LogP) is 2.69. The van der Waals surface area contributed by atoms with Gasteiger partial charge in [-0.1, -0.05) is 18.2 Å². The Kier molecular flexibility index (Phi) is 6.04. The number of halogens is 1. The van der Waals surface area contributed by atoms with Crippen LogP contribution in [0, 0.1) is 0 Å². The molecule has 0 spiro atoms. The van der Waals surface area contributed by atoms with Crippen molar-refractivity contribution in [3.05, 3.63) is 36.0 Å². The first-order valence-corrected chi connectivity index (χ1v) is 9.05. The monoisotopic (exact) mass is 348 g/mol. The highest BCUT2D eigenvalue weighted by atomic mass is 32.1. The minimum atomic E-state index is -0.276. The lowest BCUT2D eigenvalue weighted by atomic mass is 10.0. The van der Waals surface area contributed by atoms with E-state index in [0.29, 0.717) is 6.54 Å². The largest absolute Gasteiger partial charge is 0.385 e. The molecule has 2 N–H and O–H groups in total. The Morgan fingerprint density at radius 1 is 1.25 bits per heavy atom. The van der Waals surface area contributed by atoms with Gasteiger partial charge >= 0.3 is 0 Å². The van der Waals surface area contributed by atoms with Crippen LogP contribution < -0.4 is 10.6 Å². The van der Waals surface area contributed by atoms with Gasteiger partial charge in [-0.3, -0.25) is 4.90 Å². The van der Waals surface area contributed by atoms with Crippen molar-refractivity contribution in [1.82, 2.24) is 15.1 Å². The van der Waals surface area contributed by atoms with Crippen molar-refractivity contribution < 1.29 is 4.39 Å². The second kappa shape index (κ2) is 8.44. The Morgan fingerprint density at radius 2 is 2.04 bits per heavy atom. The van der Waals surface area contributed by atoms with Crippen LogP contribution in [0.1, 0.15) is 18.4 Å². The molecule has 0 unspecified atom stereocenters. The van der Waals surface area contributed by atoms with Gasteiger partial charge < -0.3 is 15.5 Å². The Labute approximate surface area is 148 Å². The van der Waals surface area contributed by atoms with E-state index in [0.717, 1.165) is 50.7 Å². The molecule has 4 nitrogen and oxygen atoms in total. The average Bonchev–Trinajstić information content (AvgIpc) is 2.83. The van der Waals surface area contributed by atoms with Gasteiger partial charge in [0.1, 0.15) is 6.67 Å². The van der Waals surface area contributed by atoms with Crippen molar-refractivity contribution in [2.75, 3.05) is 51.3 Å². The molecule has 1 saturated heterocycles. The van der Waals surface area contributed by atoms with E-state index in [1.54, 1.807) is 0 Å². The van der Waals surface area contributed by atoms with Gasteiger partial charge in [0, 0.05) is 56.7 Å². The van der Waals surface area contributed by atoms with Gasteiger partial charge in [0.2, 0.25) is 0 Å². The van der Waals surface area contributed by atoms with E-state index in [9.17, 15) is 4.39 Å². The fraction of sp³-hybridized carbons (Fsp3) is 0.500. The van der Waals surface area contributed by atoms with Gasteiger partial charge in [-0.2, -0.15) is 0 Å². The van der Waals surface area contributed by atoms with Crippen LogP contribution in [0.4, 0.5) is 10.1 Å². The molecule has 24 heavy (non-hydrogen) atoms. The summed E-state index contributed by atoms with van der Waals surface area (Å²) in [6.45, 7) is 4.70. The normalized spacial score (nSPS) is 20.2. The van der Waals surface area contributed by atoms with Crippen molar-refractivity contribution in [2.24, 2.45) is 0 Å². The first-order valence-electron chi connectivity index (χ1n) is 8.64. The summed E-state index contributed by atoms with van der Waals surface area (Å²) in [5, 5.41) is 7.55. The van der Waals surface area contributed by atoms with Crippen LogP contribution in [0.5, 0.6) is 0 Å². The third-order valence-corrected chi connectivity index (χ3v) is 5.02. The minimum Gasteiger partial charge on any atom is -0.385 e. The molecule has 0 aromatic heterocycles. The summed E-state index contributed by atoms with van der Waals surface area (Å²) in [7, 11) is 0. The molecule has 3 rings (SSSR count). The third-order valence-electron chi connectivity index (χ3n) is 4.64. The molecule has 0 aliphatic carbocycles. The van der Waals surface area contributed by atoms with Gasteiger partial charge in [0.15, 0.2) is 5.11 Å². The Bertz CT molecular complexity index is 596. The molecule has 0 saturated carbocycles. The molecule has 6 heteroatoms. The molecule has 2 aliphatic heterocycles. The highest BCUT2D eigenvalue weighted by Crippen LogP contribution is 2.29. The Balaban J connectivity index is 1.60. The van der Waals surface area contributed by atoms with Crippen LogP contribution >= 0.6 is 12.2 Å².